The first kappa shape index (κ1) is 25.0. The van der Waals surface area contributed by atoms with Crippen LogP contribution >= 0.6 is 15.2 Å². The maximum absolute atomic E-state index is 2.66. The molecule has 0 aliphatic heterocycles. The van der Waals surface area contributed by atoms with E-state index >= 15 is 0 Å². The second kappa shape index (κ2) is 11.2. The van der Waals surface area contributed by atoms with Gasteiger partial charge >= 0.3 is 226 Å². The molecule has 0 nitrogen and oxygen atoms in total. The Kier molecular flexibility index (Phi) is 7.60. The van der Waals surface area contributed by atoms with Gasteiger partial charge in [-0.1, -0.05) is 0 Å². The SMILES string of the molecule is C[PH](c1ccccc1)(c1ccccc1)[C@H]1CCC(C2CCCC2P(c2ccccc2)c2ccccc2)C1. The molecule has 2 heteroatoms. The zero-order valence-corrected chi connectivity index (χ0v) is 23.9. The third-order valence-electron chi connectivity index (χ3n) is 9.57. The van der Waals surface area contributed by atoms with Gasteiger partial charge in [-0.2, -0.15) is 0 Å². The van der Waals surface area contributed by atoms with Crippen molar-refractivity contribution in [3.63, 3.8) is 0 Å². The second-order valence-corrected chi connectivity index (χ2v) is 18.2. The molecule has 0 N–H and O–H groups in total. The fraction of sp³-hybridized carbons (Fsp3) is 0.314. The normalized spacial score (nSPS) is 24.4. The number of hydrogen-bond donors (Lipinski definition) is 0. The summed E-state index contributed by atoms with van der Waals surface area (Å²) in [6, 6.07) is 46.1. The van der Waals surface area contributed by atoms with Gasteiger partial charge in [-0.15, -0.1) is 0 Å². The standard InChI is InChI=1S/C35H40P2/c1-37(31-19-10-4-11-20-31,32-21-12-5-13-22-32)33-26-25-28(27-33)34-23-14-24-35(34)36(29-15-6-2-7-16-29)30-17-8-3-9-18-30/h2-13,15-22,28,33-35,37H,14,23-27H2,1H3/t28?,33-,34?,35?/m0/s1. The molecule has 0 spiro atoms. The number of benzene rings is 4. The van der Waals surface area contributed by atoms with Crippen molar-refractivity contribution in [3.05, 3.63) is 121 Å². The quantitative estimate of drug-likeness (QED) is 0.221. The van der Waals surface area contributed by atoms with E-state index in [-0.39, 0.29) is 7.92 Å². The molecule has 37 heavy (non-hydrogen) atoms. The van der Waals surface area contributed by atoms with Crippen LogP contribution in [0.4, 0.5) is 0 Å². The molecule has 2 fully saturated rings. The Bertz CT molecular complexity index is 1180. The molecule has 4 aromatic rings. The molecule has 2 saturated carbocycles. The average molecular weight is 523 g/mol. The van der Waals surface area contributed by atoms with Crippen LogP contribution in [-0.2, 0) is 0 Å². The number of hydrogen-bond acceptors (Lipinski definition) is 0. The van der Waals surface area contributed by atoms with Crippen molar-refractivity contribution >= 4 is 36.4 Å². The summed E-state index contributed by atoms with van der Waals surface area (Å²) in [5.41, 5.74) is 1.63. The molecule has 2 aliphatic rings. The van der Waals surface area contributed by atoms with Crippen LogP contribution in [0, 0.1) is 11.8 Å². The van der Waals surface area contributed by atoms with Crippen molar-refractivity contribution in [2.75, 3.05) is 6.66 Å². The van der Waals surface area contributed by atoms with Crippen LogP contribution in [-0.4, -0.2) is 18.0 Å². The van der Waals surface area contributed by atoms with E-state index in [0.717, 1.165) is 23.2 Å². The van der Waals surface area contributed by atoms with Crippen LogP contribution in [0.2, 0.25) is 0 Å². The third kappa shape index (κ3) is 4.97. The Morgan fingerprint density at radius 2 is 1.05 bits per heavy atom. The van der Waals surface area contributed by atoms with Gasteiger partial charge in [0.05, 0.1) is 0 Å². The molecule has 3 unspecified atom stereocenters. The van der Waals surface area contributed by atoms with Gasteiger partial charge in [-0.05, 0) is 0 Å². The first-order valence-electron chi connectivity index (χ1n) is 14.3. The van der Waals surface area contributed by atoms with Gasteiger partial charge in [0.2, 0.25) is 0 Å². The second-order valence-electron chi connectivity index (χ2n) is 11.4. The van der Waals surface area contributed by atoms with Gasteiger partial charge < -0.3 is 0 Å². The molecule has 2 aliphatic carbocycles. The van der Waals surface area contributed by atoms with Crippen LogP contribution in [0.15, 0.2) is 121 Å². The summed E-state index contributed by atoms with van der Waals surface area (Å²) < 4.78 is 0. The Morgan fingerprint density at radius 3 is 1.57 bits per heavy atom. The summed E-state index contributed by atoms with van der Waals surface area (Å²) >= 11 is 0. The van der Waals surface area contributed by atoms with Gasteiger partial charge in [-0.25, -0.2) is 0 Å². The van der Waals surface area contributed by atoms with Gasteiger partial charge in [-0.3, -0.25) is 0 Å². The zero-order chi connectivity index (χ0) is 25.1. The van der Waals surface area contributed by atoms with E-state index in [0.29, 0.717) is 0 Å². The van der Waals surface area contributed by atoms with Gasteiger partial charge in [0.1, 0.15) is 0 Å². The van der Waals surface area contributed by atoms with E-state index in [9.17, 15) is 0 Å². The average Bonchev–Trinajstić information content (AvgIpc) is 3.66. The molecule has 0 heterocycles. The minimum absolute atomic E-state index is 0.326. The summed E-state index contributed by atoms with van der Waals surface area (Å²) in [7, 11) is -2.16. The fourth-order valence-corrected chi connectivity index (χ4v) is 15.5. The molecule has 190 valence electrons. The summed E-state index contributed by atoms with van der Waals surface area (Å²) in [6.45, 7) is 2.66. The molecular weight excluding hydrogens is 482 g/mol. The zero-order valence-electron chi connectivity index (χ0n) is 22.0. The molecule has 4 aromatic carbocycles. The summed E-state index contributed by atoms with van der Waals surface area (Å²) in [5.74, 6) is 1.73. The van der Waals surface area contributed by atoms with Gasteiger partial charge in [0, 0.05) is 0 Å². The van der Waals surface area contributed by atoms with Crippen molar-refractivity contribution < 1.29 is 0 Å². The fourth-order valence-electron chi connectivity index (χ4n) is 7.69. The molecular formula is C35H40P2. The Hall–Kier alpha value is -2.26. The predicted molar refractivity (Wildman–Crippen MR) is 168 cm³/mol. The van der Waals surface area contributed by atoms with Gasteiger partial charge in [0.15, 0.2) is 0 Å². The maximum atomic E-state index is 2.66. The molecule has 0 bridgehead atoms. The van der Waals surface area contributed by atoms with Crippen molar-refractivity contribution in [1.29, 1.82) is 0 Å². The Morgan fingerprint density at radius 1 is 0.568 bits per heavy atom. The molecule has 0 aromatic heterocycles. The Balaban J connectivity index is 1.31. The van der Waals surface area contributed by atoms with E-state index in [1.54, 1.807) is 21.2 Å². The van der Waals surface area contributed by atoms with E-state index in [1.165, 1.54) is 38.5 Å². The Labute approximate surface area is 225 Å². The number of rotatable bonds is 7. The first-order valence-corrected chi connectivity index (χ1v) is 18.2. The third-order valence-corrected chi connectivity index (χ3v) is 17.8. The van der Waals surface area contributed by atoms with E-state index in [1.807, 2.05) is 0 Å². The first-order chi connectivity index (χ1) is 18.2. The van der Waals surface area contributed by atoms with Gasteiger partial charge in [0.25, 0.3) is 0 Å². The van der Waals surface area contributed by atoms with Crippen molar-refractivity contribution in [1.82, 2.24) is 0 Å². The van der Waals surface area contributed by atoms with Crippen molar-refractivity contribution in [2.24, 2.45) is 11.8 Å². The minimum atomic E-state index is -1.83. The van der Waals surface area contributed by atoms with Crippen molar-refractivity contribution in [3.8, 4) is 0 Å². The predicted octanol–water partition coefficient (Wildman–Crippen LogP) is 7.49. The monoisotopic (exact) mass is 522 g/mol. The summed E-state index contributed by atoms with van der Waals surface area (Å²) in [4.78, 5) is 0. The van der Waals surface area contributed by atoms with Crippen LogP contribution in [0.1, 0.15) is 38.5 Å². The van der Waals surface area contributed by atoms with E-state index < -0.39 is 7.26 Å². The molecule has 6 rings (SSSR count). The van der Waals surface area contributed by atoms with Crippen molar-refractivity contribution in [2.45, 2.75) is 49.8 Å². The summed E-state index contributed by atoms with van der Waals surface area (Å²) in [6.07, 6.45) is 8.46. The van der Waals surface area contributed by atoms with Crippen LogP contribution in [0.3, 0.4) is 0 Å². The molecule has 0 saturated heterocycles. The molecule has 0 radical (unpaired) electrons. The summed E-state index contributed by atoms with van der Waals surface area (Å²) in [5, 5.41) is 6.38. The topological polar surface area (TPSA) is 0 Å². The van der Waals surface area contributed by atoms with E-state index in [4.69, 9.17) is 0 Å². The van der Waals surface area contributed by atoms with Crippen LogP contribution in [0.5, 0.6) is 0 Å². The van der Waals surface area contributed by atoms with Crippen LogP contribution in [0.25, 0.3) is 0 Å². The van der Waals surface area contributed by atoms with Crippen LogP contribution < -0.4 is 21.2 Å². The van der Waals surface area contributed by atoms with E-state index in [2.05, 4.69) is 128 Å². The molecule has 4 atom stereocenters. The molecule has 0 amide bonds.